The van der Waals surface area contributed by atoms with Crippen LogP contribution in [0.3, 0.4) is 0 Å². The van der Waals surface area contributed by atoms with Crippen molar-refractivity contribution in [2.24, 2.45) is 0 Å². The Balaban J connectivity index is 1.88. The van der Waals surface area contributed by atoms with Crippen LogP contribution >= 0.6 is 11.3 Å². The second kappa shape index (κ2) is 9.53. The van der Waals surface area contributed by atoms with E-state index in [1.807, 2.05) is 12.3 Å². The number of nitrogens with two attached hydrogens (primary N) is 1. The molecule has 1 aromatic carbocycles. The van der Waals surface area contributed by atoms with Crippen molar-refractivity contribution in [2.45, 2.75) is 13.1 Å². The van der Waals surface area contributed by atoms with Gasteiger partial charge in [0.05, 0.1) is 19.8 Å². The normalized spacial score (nSPS) is 11.2. The third-order valence-electron chi connectivity index (χ3n) is 3.18. The maximum atomic E-state index is 5.71. The van der Waals surface area contributed by atoms with Gasteiger partial charge < -0.3 is 15.2 Å². The Morgan fingerprint density at radius 1 is 1.14 bits per heavy atom. The van der Waals surface area contributed by atoms with Crippen molar-refractivity contribution in [1.82, 2.24) is 9.88 Å². The topological polar surface area (TPSA) is 60.6 Å². The van der Waals surface area contributed by atoms with Crippen molar-refractivity contribution in [3.05, 3.63) is 47.0 Å². The zero-order valence-corrected chi connectivity index (χ0v) is 13.7. The fourth-order valence-electron chi connectivity index (χ4n) is 2.11. The molecule has 0 atom stereocenters. The molecule has 2 N–H and O–H groups in total. The van der Waals surface area contributed by atoms with Crippen LogP contribution < -0.4 is 5.73 Å². The van der Waals surface area contributed by atoms with Crippen LogP contribution in [0.25, 0.3) is 0 Å². The van der Waals surface area contributed by atoms with Gasteiger partial charge in [0.2, 0.25) is 0 Å². The van der Waals surface area contributed by atoms with Gasteiger partial charge in [0.1, 0.15) is 0 Å². The quantitative estimate of drug-likeness (QED) is 0.681. The van der Waals surface area contributed by atoms with E-state index in [-0.39, 0.29) is 0 Å². The molecule has 0 radical (unpaired) electrons. The second-order valence-corrected chi connectivity index (χ2v) is 6.11. The van der Waals surface area contributed by atoms with Gasteiger partial charge in [-0.1, -0.05) is 30.3 Å². The zero-order chi connectivity index (χ0) is 15.6. The van der Waals surface area contributed by atoms with Crippen LogP contribution in [0.1, 0.15) is 10.4 Å². The standard InChI is InChI=1S/C16H23N3O2S/c1-20-9-10-21-8-7-19(12-14-5-3-2-4-6-14)13-15-11-18-16(17)22-15/h2-6,11H,7-10,12-13H2,1H3,(H2,17,18). The summed E-state index contributed by atoms with van der Waals surface area (Å²) in [5.41, 5.74) is 7.00. The number of hydrogen-bond donors (Lipinski definition) is 1. The molecule has 0 bridgehead atoms. The Kier molecular flexibility index (Phi) is 7.32. The molecule has 0 aliphatic heterocycles. The third-order valence-corrected chi connectivity index (χ3v) is 3.99. The van der Waals surface area contributed by atoms with Gasteiger partial charge >= 0.3 is 0 Å². The molecule has 22 heavy (non-hydrogen) atoms. The molecule has 0 spiro atoms. The van der Waals surface area contributed by atoms with E-state index in [2.05, 4.69) is 34.1 Å². The average molecular weight is 321 g/mol. The molecule has 0 aliphatic carbocycles. The molecule has 0 saturated heterocycles. The van der Waals surface area contributed by atoms with Crippen LogP contribution in [-0.2, 0) is 22.6 Å². The highest BCUT2D eigenvalue weighted by Crippen LogP contribution is 2.17. The van der Waals surface area contributed by atoms with Gasteiger partial charge in [0.15, 0.2) is 5.13 Å². The number of benzene rings is 1. The first-order chi connectivity index (χ1) is 10.8. The Bertz CT molecular complexity index is 533. The lowest BCUT2D eigenvalue weighted by Gasteiger charge is -2.21. The van der Waals surface area contributed by atoms with Crippen molar-refractivity contribution >= 4 is 16.5 Å². The number of anilines is 1. The number of thiazole rings is 1. The van der Waals surface area contributed by atoms with Gasteiger partial charge in [0, 0.05) is 37.8 Å². The highest BCUT2D eigenvalue weighted by molar-refractivity contribution is 7.15. The summed E-state index contributed by atoms with van der Waals surface area (Å²) >= 11 is 1.54. The Morgan fingerprint density at radius 3 is 2.64 bits per heavy atom. The number of aromatic nitrogens is 1. The molecule has 5 nitrogen and oxygen atoms in total. The molecule has 6 heteroatoms. The Hall–Kier alpha value is -1.47. The second-order valence-electron chi connectivity index (χ2n) is 4.97. The minimum Gasteiger partial charge on any atom is -0.382 e. The molecule has 0 saturated carbocycles. The van der Waals surface area contributed by atoms with Crippen LogP contribution in [0.4, 0.5) is 5.13 Å². The summed E-state index contributed by atoms with van der Waals surface area (Å²) < 4.78 is 10.6. The predicted octanol–water partition coefficient (Wildman–Crippen LogP) is 2.39. The van der Waals surface area contributed by atoms with E-state index in [0.717, 1.165) is 19.6 Å². The lowest BCUT2D eigenvalue weighted by molar-refractivity contribution is 0.0548. The molecule has 0 amide bonds. The Morgan fingerprint density at radius 2 is 1.95 bits per heavy atom. The predicted molar refractivity (Wildman–Crippen MR) is 89.8 cm³/mol. The van der Waals surface area contributed by atoms with Crippen LogP contribution in [-0.4, -0.2) is 43.4 Å². The smallest absolute Gasteiger partial charge is 0.180 e. The van der Waals surface area contributed by atoms with Crippen LogP contribution in [0.15, 0.2) is 36.5 Å². The van der Waals surface area contributed by atoms with Crippen molar-refractivity contribution in [2.75, 3.05) is 39.2 Å². The largest absolute Gasteiger partial charge is 0.382 e. The fourth-order valence-corrected chi connectivity index (χ4v) is 2.84. The van der Waals surface area contributed by atoms with E-state index in [1.54, 1.807) is 7.11 Å². The van der Waals surface area contributed by atoms with E-state index in [0.29, 0.717) is 25.0 Å². The molecule has 2 rings (SSSR count). The first-order valence-electron chi connectivity index (χ1n) is 7.31. The molecule has 1 aromatic heterocycles. The summed E-state index contributed by atoms with van der Waals surface area (Å²) in [7, 11) is 1.68. The number of hydrogen-bond acceptors (Lipinski definition) is 6. The number of rotatable bonds is 10. The maximum absolute atomic E-state index is 5.71. The Labute approximate surface area is 135 Å². The number of nitrogen functional groups attached to an aromatic ring is 1. The summed E-state index contributed by atoms with van der Waals surface area (Å²) in [6.45, 7) is 4.51. The summed E-state index contributed by atoms with van der Waals surface area (Å²) in [6.07, 6.45) is 1.85. The van der Waals surface area contributed by atoms with Gasteiger partial charge in [-0.2, -0.15) is 0 Å². The van der Waals surface area contributed by atoms with E-state index in [4.69, 9.17) is 15.2 Å². The van der Waals surface area contributed by atoms with Gasteiger partial charge in [-0.05, 0) is 5.56 Å². The SMILES string of the molecule is COCCOCCN(Cc1ccccc1)Cc1cnc(N)s1. The average Bonchev–Trinajstić information content (AvgIpc) is 2.93. The summed E-state index contributed by atoms with van der Waals surface area (Å²) in [5.74, 6) is 0. The van der Waals surface area contributed by atoms with Crippen molar-refractivity contribution in [1.29, 1.82) is 0 Å². The van der Waals surface area contributed by atoms with E-state index < -0.39 is 0 Å². The zero-order valence-electron chi connectivity index (χ0n) is 12.9. The highest BCUT2D eigenvalue weighted by atomic mass is 32.1. The van der Waals surface area contributed by atoms with E-state index in [1.165, 1.54) is 21.8 Å². The molecule has 120 valence electrons. The molecular formula is C16H23N3O2S. The van der Waals surface area contributed by atoms with Gasteiger partial charge in [-0.3, -0.25) is 4.90 Å². The van der Waals surface area contributed by atoms with Crippen LogP contribution in [0.2, 0.25) is 0 Å². The number of ether oxygens (including phenoxy) is 2. The number of nitrogens with zero attached hydrogens (tertiary/aromatic N) is 2. The molecule has 2 aromatic rings. The minimum atomic E-state index is 0.617. The van der Waals surface area contributed by atoms with E-state index >= 15 is 0 Å². The van der Waals surface area contributed by atoms with Crippen LogP contribution in [0.5, 0.6) is 0 Å². The summed E-state index contributed by atoms with van der Waals surface area (Å²) in [4.78, 5) is 7.63. The van der Waals surface area contributed by atoms with Crippen molar-refractivity contribution in [3.63, 3.8) is 0 Å². The van der Waals surface area contributed by atoms with Gasteiger partial charge in [-0.25, -0.2) is 4.98 Å². The van der Waals surface area contributed by atoms with Crippen LogP contribution in [0, 0.1) is 0 Å². The third kappa shape index (κ3) is 6.11. The van der Waals surface area contributed by atoms with Crippen molar-refractivity contribution in [3.8, 4) is 0 Å². The molecular weight excluding hydrogens is 298 g/mol. The molecule has 0 unspecified atom stereocenters. The summed E-state index contributed by atoms with van der Waals surface area (Å²) in [6, 6.07) is 10.4. The van der Waals surface area contributed by atoms with E-state index in [9.17, 15) is 0 Å². The lowest BCUT2D eigenvalue weighted by atomic mass is 10.2. The molecule has 1 heterocycles. The first-order valence-corrected chi connectivity index (χ1v) is 8.12. The van der Waals surface area contributed by atoms with Crippen molar-refractivity contribution < 1.29 is 9.47 Å². The monoisotopic (exact) mass is 321 g/mol. The molecule has 0 fully saturated rings. The maximum Gasteiger partial charge on any atom is 0.180 e. The van der Waals surface area contributed by atoms with Gasteiger partial charge in [0.25, 0.3) is 0 Å². The lowest BCUT2D eigenvalue weighted by Crippen LogP contribution is -2.27. The number of methoxy groups -OCH3 is 1. The highest BCUT2D eigenvalue weighted by Gasteiger charge is 2.09. The van der Waals surface area contributed by atoms with Gasteiger partial charge in [-0.15, -0.1) is 11.3 Å². The summed E-state index contributed by atoms with van der Waals surface area (Å²) in [5, 5.41) is 0.617. The fraction of sp³-hybridized carbons (Fsp3) is 0.438. The minimum absolute atomic E-state index is 0.617. The molecule has 0 aliphatic rings. The first kappa shape index (κ1) is 16.9.